The van der Waals surface area contributed by atoms with Crippen LogP contribution in [0.15, 0.2) is 11.6 Å². The van der Waals surface area contributed by atoms with E-state index in [0.29, 0.717) is 0 Å². The minimum Gasteiger partial charge on any atom is -0.425 e. The van der Waals surface area contributed by atoms with Gasteiger partial charge in [0.2, 0.25) is 0 Å². The Morgan fingerprint density at radius 3 is 3.00 bits per heavy atom. The third-order valence-electron chi connectivity index (χ3n) is 2.05. The van der Waals surface area contributed by atoms with Crippen LogP contribution in [0.2, 0.25) is 0 Å². The summed E-state index contributed by atoms with van der Waals surface area (Å²) in [6.45, 7) is 1.97. The summed E-state index contributed by atoms with van der Waals surface area (Å²) < 4.78 is 5.24. The van der Waals surface area contributed by atoms with Crippen molar-refractivity contribution >= 4 is 10.5 Å². The molecule has 2 atom stereocenters. The molecule has 0 aliphatic heterocycles. The van der Waals surface area contributed by atoms with E-state index in [-0.39, 0.29) is 12.2 Å². The van der Waals surface area contributed by atoms with Gasteiger partial charge in [-0.3, -0.25) is 0 Å². The van der Waals surface area contributed by atoms with Crippen LogP contribution in [0.4, 0.5) is 0 Å². The molecule has 0 radical (unpaired) electrons. The van der Waals surface area contributed by atoms with Crippen LogP contribution in [0.5, 0.6) is 0 Å². The topological polar surface area (TPSA) is 29.5 Å². The lowest BCUT2D eigenvalue weighted by Crippen LogP contribution is -2.24. The smallest absolute Gasteiger partial charge is 0.146 e. The lowest BCUT2D eigenvalue weighted by molar-refractivity contribution is 0.113. The molecule has 1 aliphatic carbocycles. The van der Waals surface area contributed by atoms with Gasteiger partial charge in [0.25, 0.3) is 0 Å². The first-order chi connectivity index (χ1) is 4.74. The molecule has 1 aliphatic rings. The summed E-state index contributed by atoms with van der Waals surface area (Å²) >= 11 is 0. The van der Waals surface area contributed by atoms with E-state index in [4.69, 9.17) is 4.43 Å². The highest BCUT2D eigenvalue weighted by Gasteiger charge is 2.18. The van der Waals surface area contributed by atoms with Crippen LogP contribution in [0.25, 0.3) is 0 Å². The van der Waals surface area contributed by atoms with Crippen LogP contribution in [0.1, 0.15) is 19.8 Å². The van der Waals surface area contributed by atoms with E-state index >= 15 is 0 Å². The molecule has 3 heteroatoms. The van der Waals surface area contributed by atoms with Crippen molar-refractivity contribution in [3.8, 4) is 0 Å². The Bertz CT molecular complexity index is 145. The van der Waals surface area contributed by atoms with Gasteiger partial charge in [-0.05, 0) is 18.9 Å². The zero-order valence-electron chi connectivity index (χ0n) is 6.50. The largest absolute Gasteiger partial charge is 0.425 e. The van der Waals surface area contributed by atoms with E-state index in [9.17, 15) is 5.11 Å². The van der Waals surface area contributed by atoms with Crippen LogP contribution in [0.3, 0.4) is 0 Å². The van der Waals surface area contributed by atoms with Gasteiger partial charge in [-0.15, -0.1) is 0 Å². The molecule has 10 heavy (non-hydrogen) atoms. The Labute approximate surface area is 64.4 Å². The van der Waals surface area contributed by atoms with E-state index < -0.39 is 0 Å². The van der Waals surface area contributed by atoms with Crippen LogP contribution >= 0.6 is 0 Å². The van der Waals surface area contributed by atoms with E-state index in [2.05, 4.69) is 6.08 Å². The molecule has 2 unspecified atom stereocenters. The van der Waals surface area contributed by atoms with Crippen LogP contribution in [0, 0.1) is 0 Å². The van der Waals surface area contributed by atoms with Crippen LogP contribution < -0.4 is 0 Å². The van der Waals surface area contributed by atoms with Gasteiger partial charge in [0.05, 0.1) is 12.2 Å². The van der Waals surface area contributed by atoms with Crippen molar-refractivity contribution in [2.75, 3.05) is 0 Å². The molecule has 1 rings (SSSR count). The monoisotopic (exact) mass is 158 g/mol. The quantitative estimate of drug-likeness (QED) is 0.421. The third-order valence-corrected chi connectivity index (χ3v) is 2.71. The fraction of sp³-hybridized carbons (Fsp3) is 0.714. The second kappa shape index (κ2) is 3.32. The maximum absolute atomic E-state index is 9.35. The molecule has 0 fully saturated rings. The van der Waals surface area contributed by atoms with Gasteiger partial charge >= 0.3 is 0 Å². The maximum Gasteiger partial charge on any atom is 0.146 e. The molecule has 0 heterocycles. The third kappa shape index (κ3) is 1.68. The van der Waals surface area contributed by atoms with E-state index in [0.717, 1.165) is 28.9 Å². The molecule has 0 aromatic heterocycles. The van der Waals surface area contributed by atoms with E-state index in [1.54, 1.807) is 0 Å². The fourth-order valence-corrected chi connectivity index (χ4v) is 1.56. The highest BCUT2D eigenvalue weighted by Crippen LogP contribution is 2.19. The molecule has 0 aromatic carbocycles. The minimum absolute atomic E-state index is 0.257. The molecule has 0 aromatic rings. The number of hydrogen-bond donors (Lipinski definition) is 1. The average molecular weight is 158 g/mol. The van der Waals surface area contributed by atoms with Crippen molar-refractivity contribution in [2.24, 2.45) is 0 Å². The van der Waals surface area contributed by atoms with Gasteiger partial charge in [-0.1, -0.05) is 6.08 Å². The highest BCUT2D eigenvalue weighted by molar-refractivity contribution is 5.98. The number of hydrogen-bond acceptors (Lipinski definition) is 2. The Morgan fingerprint density at radius 2 is 2.50 bits per heavy atom. The van der Waals surface area contributed by atoms with Crippen molar-refractivity contribution in [3.63, 3.8) is 0 Å². The van der Waals surface area contributed by atoms with Gasteiger partial charge < -0.3 is 9.53 Å². The summed E-state index contributed by atoms with van der Waals surface area (Å²) in [5, 5.41) is 9.35. The maximum atomic E-state index is 9.35. The molecule has 0 saturated carbocycles. The molecule has 2 nitrogen and oxygen atoms in total. The molecular formula is C7H14O2Si. The first kappa shape index (κ1) is 7.98. The molecule has 58 valence electrons. The van der Waals surface area contributed by atoms with Crippen molar-refractivity contribution in [3.05, 3.63) is 11.6 Å². The molecule has 0 spiro atoms. The van der Waals surface area contributed by atoms with Crippen LogP contribution in [-0.4, -0.2) is 27.8 Å². The summed E-state index contributed by atoms with van der Waals surface area (Å²) in [6.07, 6.45) is 3.85. The van der Waals surface area contributed by atoms with Crippen molar-refractivity contribution in [2.45, 2.75) is 32.0 Å². The normalized spacial score (nSPS) is 34.0. The number of aliphatic hydroxyl groups excluding tert-OH is 1. The first-order valence-electron chi connectivity index (χ1n) is 3.61. The lowest BCUT2D eigenvalue weighted by Gasteiger charge is -2.23. The van der Waals surface area contributed by atoms with Crippen molar-refractivity contribution < 1.29 is 9.53 Å². The minimum atomic E-state index is -0.257. The SMILES string of the molecule is CC1=CCC(O[SiH3])CC1O. The van der Waals surface area contributed by atoms with Crippen molar-refractivity contribution in [1.82, 2.24) is 0 Å². The van der Waals surface area contributed by atoms with E-state index in [1.165, 1.54) is 0 Å². The first-order valence-corrected chi connectivity index (χ1v) is 4.43. The molecular weight excluding hydrogens is 144 g/mol. The van der Waals surface area contributed by atoms with Gasteiger partial charge in [0, 0.05) is 6.42 Å². The summed E-state index contributed by atoms with van der Waals surface area (Å²) in [6, 6.07) is 0. The predicted octanol–water partition coefficient (Wildman–Crippen LogP) is -0.247. The second-order valence-corrected chi connectivity index (χ2v) is 3.26. The van der Waals surface area contributed by atoms with Gasteiger partial charge in [0.1, 0.15) is 10.5 Å². The highest BCUT2D eigenvalue weighted by atomic mass is 28.2. The molecule has 0 saturated heterocycles. The Kier molecular flexibility index (Phi) is 2.65. The van der Waals surface area contributed by atoms with Gasteiger partial charge in [0.15, 0.2) is 0 Å². The molecule has 0 bridgehead atoms. The lowest BCUT2D eigenvalue weighted by atomic mass is 9.96. The zero-order chi connectivity index (χ0) is 7.56. The zero-order valence-corrected chi connectivity index (χ0v) is 8.50. The summed E-state index contributed by atoms with van der Waals surface area (Å²) in [4.78, 5) is 0. The Balaban J connectivity index is 2.51. The summed E-state index contributed by atoms with van der Waals surface area (Å²) in [7, 11) is 0.774. The number of rotatable bonds is 1. The summed E-state index contributed by atoms with van der Waals surface area (Å²) in [5.41, 5.74) is 1.09. The number of aliphatic hydroxyl groups is 1. The Morgan fingerprint density at radius 1 is 1.80 bits per heavy atom. The second-order valence-electron chi connectivity index (χ2n) is 2.79. The summed E-state index contributed by atoms with van der Waals surface area (Å²) in [5.74, 6) is 0. The Hall–Kier alpha value is -0.123. The van der Waals surface area contributed by atoms with Crippen molar-refractivity contribution in [1.29, 1.82) is 0 Å². The molecule has 1 N–H and O–H groups in total. The van der Waals surface area contributed by atoms with E-state index in [1.807, 2.05) is 6.92 Å². The van der Waals surface area contributed by atoms with Gasteiger partial charge in [-0.25, -0.2) is 0 Å². The van der Waals surface area contributed by atoms with Crippen LogP contribution in [-0.2, 0) is 4.43 Å². The molecule has 0 amide bonds. The average Bonchev–Trinajstić information content (AvgIpc) is 1.95. The standard InChI is InChI=1S/C7H14O2Si/c1-5-2-3-6(9-10)4-7(5)8/h2,6-8H,3-4H2,1,10H3. The predicted molar refractivity (Wildman–Crippen MR) is 43.8 cm³/mol. The fourth-order valence-electron chi connectivity index (χ4n) is 1.18. The van der Waals surface area contributed by atoms with Gasteiger partial charge in [-0.2, -0.15) is 0 Å².